The Morgan fingerprint density at radius 3 is 2.94 bits per heavy atom. The molecule has 1 aromatic carbocycles. The zero-order valence-electron chi connectivity index (χ0n) is 9.50. The zero-order valence-corrected chi connectivity index (χ0v) is 9.50. The number of hydrogen-bond donors (Lipinski definition) is 1. The largest absolute Gasteiger partial charge is 0.483 e. The van der Waals surface area contributed by atoms with Gasteiger partial charge in [0.2, 0.25) is 0 Å². The van der Waals surface area contributed by atoms with Crippen LogP contribution in [-0.4, -0.2) is 35.4 Å². The molecule has 0 bridgehead atoms. The van der Waals surface area contributed by atoms with E-state index in [1.165, 1.54) is 6.07 Å². The van der Waals surface area contributed by atoms with Crippen molar-refractivity contribution in [2.45, 2.75) is 6.10 Å². The van der Waals surface area contributed by atoms with Crippen LogP contribution in [0.4, 0.5) is 0 Å². The van der Waals surface area contributed by atoms with Gasteiger partial charge in [-0.1, -0.05) is 6.07 Å². The maximum absolute atomic E-state index is 11.1. The van der Waals surface area contributed by atoms with Gasteiger partial charge in [0.05, 0.1) is 18.8 Å². The van der Waals surface area contributed by atoms with Crippen molar-refractivity contribution in [2.24, 2.45) is 0 Å². The van der Waals surface area contributed by atoms with Gasteiger partial charge in [-0.3, -0.25) is 4.98 Å². The first-order valence-electron chi connectivity index (χ1n) is 5.60. The molecule has 0 radical (unpaired) electrons. The van der Waals surface area contributed by atoms with Crippen molar-refractivity contribution in [1.82, 2.24) is 4.98 Å². The fourth-order valence-corrected chi connectivity index (χ4v) is 1.83. The Bertz CT molecular complexity index is 607. The first-order valence-corrected chi connectivity index (χ1v) is 5.60. The van der Waals surface area contributed by atoms with Crippen LogP contribution in [-0.2, 0) is 4.74 Å². The van der Waals surface area contributed by atoms with Gasteiger partial charge in [0, 0.05) is 11.6 Å². The molecule has 3 rings (SSSR count). The molecule has 5 nitrogen and oxygen atoms in total. The van der Waals surface area contributed by atoms with E-state index in [0.29, 0.717) is 24.5 Å². The second kappa shape index (κ2) is 4.27. The van der Waals surface area contributed by atoms with Crippen LogP contribution in [0.3, 0.4) is 0 Å². The average Bonchev–Trinajstić information content (AvgIpc) is 2.33. The van der Waals surface area contributed by atoms with Crippen LogP contribution in [0.2, 0.25) is 0 Å². The van der Waals surface area contributed by atoms with E-state index in [4.69, 9.17) is 14.6 Å². The highest BCUT2D eigenvalue weighted by molar-refractivity contribution is 5.96. The average molecular weight is 245 g/mol. The molecule has 0 unspecified atom stereocenters. The molecule has 1 saturated heterocycles. The lowest BCUT2D eigenvalue weighted by Gasteiger charge is -2.27. The minimum Gasteiger partial charge on any atom is -0.483 e. The highest BCUT2D eigenvalue weighted by Crippen LogP contribution is 2.27. The Morgan fingerprint density at radius 2 is 2.28 bits per heavy atom. The van der Waals surface area contributed by atoms with Gasteiger partial charge in [-0.2, -0.15) is 0 Å². The van der Waals surface area contributed by atoms with Crippen molar-refractivity contribution in [1.29, 1.82) is 0 Å². The third-order valence-corrected chi connectivity index (χ3v) is 2.82. The third kappa shape index (κ3) is 1.89. The Balaban J connectivity index is 2.10. The molecule has 92 valence electrons. The molecule has 0 aliphatic carbocycles. The fraction of sp³-hybridized carbons (Fsp3) is 0.231. The fourth-order valence-electron chi connectivity index (χ4n) is 1.83. The number of hydrogen-bond acceptors (Lipinski definition) is 4. The summed E-state index contributed by atoms with van der Waals surface area (Å²) in [7, 11) is 0. The van der Waals surface area contributed by atoms with Crippen LogP contribution < -0.4 is 4.74 Å². The lowest BCUT2D eigenvalue weighted by molar-refractivity contribution is -0.0791. The smallest absolute Gasteiger partial charge is 0.335 e. The number of pyridine rings is 1. The van der Waals surface area contributed by atoms with Crippen LogP contribution in [0.25, 0.3) is 10.9 Å². The van der Waals surface area contributed by atoms with Gasteiger partial charge in [0.15, 0.2) is 0 Å². The summed E-state index contributed by atoms with van der Waals surface area (Å²) in [5.41, 5.74) is 0.875. The minimum atomic E-state index is -0.976. The van der Waals surface area contributed by atoms with Gasteiger partial charge < -0.3 is 14.6 Å². The van der Waals surface area contributed by atoms with Crippen molar-refractivity contribution in [3.8, 4) is 5.75 Å². The van der Waals surface area contributed by atoms with Crippen molar-refractivity contribution in [3.63, 3.8) is 0 Å². The normalized spacial score (nSPS) is 15.3. The summed E-state index contributed by atoms with van der Waals surface area (Å²) in [6, 6.07) is 6.69. The number of rotatable bonds is 3. The summed E-state index contributed by atoms with van der Waals surface area (Å²) >= 11 is 0. The number of ether oxygens (including phenoxy) is 2. The SMILES string of the molecule is O=C(O)c1cc(OC2COC2)c2ncccc2c1. The van der Waals surface area contributed by atoms with Gasteiger partial charge in [0.25, 0.3) is 0 Å². The van der Waals surface area contributed by atoms with Crippen LogP contribution in [0.15, 0.2) is 30.5 Å². The molecular weight excluding hydrogens is 234 g/mol. The lowest BCUT2D eigenvalue weighted by Crippen LogP contribution is -2.38. The molecule has 2 aromatic rings. The third-order valence-electron chi connectivity index (χ3n) is 2.82. The van der Waals surface area contributed by atoms with E-state index in [1.54, 1.807) is 18.3 Å². The standard InChI is InChI=1S/C13H11NO4/c15-13(16)9-4-8-2-1-3-14-12(8)11(5-9)18-10-6-17-7-10/h1-5,10H,6-7H2,(H,15,16). The second-order valence-corrected chi connectivity index (χ2v) is 4.13. The van der Waals surface area contributed by atoms with Crippen molar-refractivity contribution in [3.05, 3.63) is 36.0 Å². The number of aromatic nitrogens is 1. The molecule has 2 heterocycles. The summed E-state index contributed by atoms with van der Waals surface area (Å²) in [5, 5.41) is 9.83. The number of carbonyl (C=O) groups is 1. The van der Waals surface area contributed by atoms with E-state index < -0.39 is 5.97 Å². The van der Waals surface area contributed by atoms with E-state index in [9.17, 15) is 4.79 Å². The molecule has 1 fully saturated rings. The number of aromatic carboxylic acids is 1. The number of benzene rings is 1. The van der Waals surface area contributed by atoms with Gasteiger partial charge in [-0.05, 0) is 18.2 Å². The maximum Gasteiger partial charge on any atom is 0.335 e. The Labute approximate surface area is 103 Å². The highest BCUT2D eigenvalue weighted by atomic mass is 16.6. The molecule has 1 aliphatic heterocycles. The quantitative estimate of drug-likeness (QED) is 0.891. The minimum absolute atomic E-state index is 0.0146. The number of carboxylic acids is 1. The van der Waals surface area contributed by atoms with Gasteiger partial charge >= 0.3 is 5.97 Å². The molecule has 0 saturated carbocycles. The lowest BCUT2D eigenvalue weighted by atomic mass is 10.1. The van der Waals surface area contributed by atoms with E-state index in [-0.39, 0.29) is 11.7 Å². The van der Waals surface area contributed by atoms with Gasteiger partial charge in [-0.25, -0.2) is 4.79 Å². The second-order valence-electron chi connectivity index (χ2n) is 4.13. The van der Waals surface area contributed by atoms with Crippen LogP contribution in [0, 0.1) is 0 Å². The van der Waals surface area contributed by atoms with E-state index in [2.05, 4.69) is 4.98 Å². The van der Waals surface area contributed by atoms with Crippen molar-refractivity contribution in [2.75, 3.05) is 13.2 Å². The number of nitrogens with zero attached hydrogens (tertiary/aromatic N) is 1. The van der Waals surface area contributed by atoms with Crippen LogP contribution in [0.1, 0.15) is 10.4 Å². The van der Waals surface area contributed by atoms with Crippen molar-refractivity contribution >= 4 is 16.9 Å². The Hall–Kier alpha value is -2.14. The molecule has 0 spiro atoms. The predicted octanol–water partition coefficient (Wildman–Crippen LogP) is 1.71. The van der Waals surface area contributed by atoms with E-state index in [0.717, 1.165) is 5.39 Å². The summed E-state index contributed by atoms with van der Waals surface area (Å²) in [6.07, 6.45) is 1.65. The van der Waals surface area contributed by atoms with Crippen molar-refractivity contribution < 1.29 is 19.4 Å². The van der Waals surface area contributed by atoms with Gasteiger partial charge in [0.1, 0.15) is 17.4 Å². The van der Waals surface area contributed by atoms with E-state index >= 15 is 0 Å². The monoisotopic (exact) mass is 245 g/mol. The van der Waals surface area contributed by atoms with Gasteiger partial charge in [-0.15, -0.1) is 0 Å². The highest BCUT2D eigenvalue weighted by Gasteiger charge is 2.22. The molecule has 1 N–H and O–H groups in total. The predicted molar refractivity (Wildman–Crippen MR) is 63.9 cm³/mol. The molecule has 1 aliphatic rings. The summed E-state index contributed by atoms with van der Waals surface area (Å²) in [6.45, 7) is 1.07. The first-order chi connectivity index (χ1) is 8.74. The summed E-state index contributed by atoms with van der Waals surface area (Å²) in [5.74, 6) is -0.478. The topological polar surface area (TPSA) is 68.7 Å². The number of fused-ring (bicyclic) bond motifs is 1. The molecule has 1 aromatic heterocycles. The van der Waals surface area contributed by atoms with Crippen LogP contribution in [0.5, 0.6) is 5.75 Å². The maximum atomic E-state index is 11.1. The van der Waals surface area contributed by atoms with E-state index in [1.807, 2.05) is 6.07 Å². The first kappa shape index (κ1) is 11.0. The Morgan fingerprint density at radius 1 is 1.44 bits per heavy atom. The molecular formula is C13H11NO4. The zero-order chi connectivity index (χ0) is 12.5. The summed E-state index contributed by atoms with van der Waals surface area (Å²) in [4.78, 5) is 15.3. The molecule has 0 amide bonds. The molecule has 0 atom stereocenters. The molecule has 18 heavy (non-hydrogen) atoms. The molecule has 5 heteroatoms. The van der Waals surface area contributed by atoms with Crippen LogP contribution >= 0.6 is 0 Å². The summed E-state index contributed by atoms with van der Waals surface area (Å²) < 4.78 is 10.7. The number of carboxylic acid groups (broad SMARTS) is 1. The Kier molecular flexibility index (Phi) is 2.60.